The van der Waals surface area contributed by atoms with Gasteiger partial charge < -0.3 is 9.67 Å². The first-order valence-electron chi connectivity index (χ1n) is 9.91. The molecule has 4 aromatic rings. The van der Waals surface area contributed by atoms with Crippen LogP contribution in [0.3, 0.4) is 0 Å². The van der Waals surface area contributed by atoms with Crippen molar-refractivity contribution in [2.45, 2.75) is 32.4 Å². The van der Waals surface area contributed by atoms with Gasteiger partial charge >= 0.3 is 17.4 Å². The molecule has 6 heteroatoms. The first-order chi connectivity index (χ1) is 14.1. The van der Waals surface area contributed by atoms with Crippen LogP contribution < -0.4 is 10.1 Å². The Morgan fingerprint density at radius 3 is 2.62 bits per heavy atom. The molecule has 2 aromatic heterocycles. The van der Waals surface area contributed by atoms with Crippen LogP contribution in [-0.4, -0.2) is 20.2 Å². The van der Waals surface area contributed by atoms with Gasteiger partial charge in [0.25, 0.3) is 0 Å². The Labute approximate surface area is 167 Å². The maximum absolute atomic E-state index is 13.2. The molecule has 0 bridgehead atoms. The van der Waals surface area contributed by atoms with Gasteiger partial charge in [-0.1, -0.05) is 30.3 Å². The molecular weight excluding hydrogens is 366 g/mol. The third-order valence-electron chi connectivity index (χ3n) is 5.96. The lowest BCUT2D eigenvalue weighted by molar-refractivity contribution is -0.638. The van der Waals surface area contributed by atoms with E-state index in [1.54, 1.807) is 0 Å². The summed E-state index contributed by atoms with van der Waals surface area (Å²) in [5.74, 6) is 0.102. The van der Waals surface area contributed by atoms with E-state index in [2.05, 4.69) is 21.3 Å². The highest BCUT2D eigenvalue weighted by molar-refractivity contribution is 5.91. The van der Waals surface area contributed by atoms with E-state index < -0.39 is 5.97 Å². The van der Waals surface area contributed by atoms with Crippen molar-refractivity contribution in [3.05, 3.63) is 64.4 Å². The summed E-state index contributed by atoms with van der Waals surface area (Å²) >= 11 is 0. The number of rotatable bonds is 4. The van der Waals surface area contributed by atoms with Crippen molar-refractivity contribution >= 4 is 27.8 Å². The average Bonchev–Trinajstić information content (AvgIpc) is 3.05. The molecule has 0 amide bonds. The Morgan fingerprint density at radius 1 is 1.10 bits per heavy atom. The molecule has 0 radical (unpaired) electrons. The van der Waals surface area contributed by atoms with Crippen molar-refractivity contribution in [3.63, 3.8) is 0 Å². The summed E-state index contributed by atoms with van der Waals surface area (Å²) in [4.78, 5) is 24.3. The lowest BCUT2D eigenvalue weighted by Gasteiger charge is -2.18. The van der Waals surface area contributed by atoms with Crippen molar-refractivity contribution in [2.24, 2.45) is 7.05 Å². The highest BCUT2D eigenvalue weighted by Gasteiger charge is 2.33. The number of carboxylic acids is 1. The SMILES string of the molecule is C[n+]1c2n(c(=O)c3ccccc31)CCc1c-2n(CCCC(=O)O)c2ccccc12. The molecule has 0 saturated carbocycles. The summed E-state index contributed by atoms with van der Waals surface area (Å²) in [6.07, 6.45) is 1.45. The molecule has 0 unspecified atom stereocenters. The predicted octanol–water partition coefficient (Wildman–Crippen LogP) is 2.87. The molecule has 0 aliphatic carbocycles. The number of aryl methyl sites for hydroxylation is 3. The maximum Gasteiger partial charge on any atom is 0.345 e. The summed E-state index contributed by atoms with van der Waals surface area (Å²) < 4.78 is 6.17. The molecule has 146 valence electrons. The topological polar surface area (TPSA) is 68.1 Å². The lowest BCUT2D eigenvalue weighted by atomic mass is 10.0. The van der Waals surface area contributed by atoms with Crippen molar-refractivity contribution in [3.8, 4) is 11.5 Å². The van der Waals surface area contributed by atoms with Gasteiger partial charge in [-0.25, -0.2) is 9.36 Å². The second kappa shape index (κ2) is 6.58. The molecule has 0 spiro atoms. The zero-order valence-corrected chi connectivity index (χ0v) is 16.3. The fraction of sp³-hybridized carbons (Fsp3) is 0.261. The van der Waals surface area contributed by atoms with E-state index in [0.717, 1.165) is 34.4 Å². The smallest absolute Gasteiger partial charge is 0.345 e. The van der Waals surface area contributed by atoms with Gasteiger partial charge in [-0.3, -0.25) is 4.79 Å². The summed E-state index contributed by atoms with van der Waals surface area (Å²) in [7, 11) is 2.00. The standard InChI is InChI=1S/C23H21N3O3/c1-24-18-9-4-3-8-17(18)23(29)26-14-12-16-15-7-2-5-10-19(15)25(21(16)22(24)26)13-6-11-20(27)28/h2-5,7-10H,6,11-14H2,1H3/p+1. The number of carbonyl (C=O) groups is 1. The minimum atomic E-state index is -0.788. The number of aromatic nitrogens is 3. The van der Waals surface area contributed by atoms with Crippen LogP contribution in [0.2, 0.25) is 0 Å². The van der Waals surface area contributed by atoms with E-state index in [1.807, 2.05) is 48.0 Å². The van der Waals surface area contributed by atoms with E-state index in [0.29, 0.717) is 19.5 Å². The van der Waals surface area contributed by atoms with E-state index in [-0.39, 0.29) is 12.0 Å². The van der Waals surface area contributed by atoms with Crippen LogP contribution in [0.4, 0.5) is 0 Å². The van der Waals surface area contributed by atoms with E-state index in [9.17, 15) is 9.59 Å². The van der Waals surface area contributed by atoms with Crippen LogP contribution >= 0.6 is 0 Å². The van der Waals surface area contributed by atoms with Gasteiger partial charge in [0.2, 0.25) is 0 Å². The molecule has 5 rings (SSSR count). The van der Waals surface area contributed by atoms with Gasteiger partial charge in [0.05, 0.1) is 13.6 Å². The Hall–Kier alpha value is -3.41. The molecule has 3 heterocycles. The van der Waals surface area contributed by atoms with Gasteiger partial charge in [-0.2, -0.15) is 4.57 Å². The van der Waals surface area contributed by atoms with Gasteiger partial charge in [-0.05, 0) is 30.2 Å². The monoisotopic (exact) mass is 388 g/mol. The maximum atomic E-state index is 13.2. The Balaban J connectivity index is 1.83. The van der Waals surface area contributed by atoms with Crippen LogP contribution in [0.5, 0.6) is 0 Å². The third-order valence-corrected chi connectivity index (χ3v) is 5.96. The van der Waals surface area contributed by atoms with E-state index >= 15 is 0 Å². The summed E-state index contributed by atoms with van der Waals surface area (Å²) in [5.41, 5.74) is 4.30. The molecule has 1 N–H and O–H groups in total. The molecule has 2 aromatic carbocycles. The summed E-state index contributed by atoms with van der Waals surface area (Å²) in [6, 6.07) is 15.9. The molecular formula is C23H22N3O3+. The molecule has 29 heavy (non-hydrogen) atoms. The molecule has 0 saturated heterocycles. The normalized spacial score (nSPS) is 12.9. The number of carboxylic acid groups (broad SMARTS) is 1. The third kappa shape index (κ3) is 2.59. The average molecular weight is 388 g/mol. The van der Waals surface area contributed by atoms with E-state index in [1.165, 1.54) is 10.9 Å². The van der Waals surface area contributed by atoms with Crippen molar-refractivity contribution < 1.29 is 14.5 Å². The molecule has 1 aliphatic heterocycles. The molecule has 6 nitrogen and oxygen atoms in total. The van der Waals surface area contributed by atoms with E-state index in [4.69, 9.17) is 5.11 Å². The largest absolute Gasteiger partial charge is 0.481 e. The minimum absolute atomic E-state index is 0.0293. The van der Waals surface area contributed by atoms with Crippen LogP contribution in [0, 0.1) is 0 Å². The Bertz CT molecular complexity index is 1350. The summed E-state index contributed by atoms with van der Waals surface area (Å²) in [6.45, 7) is 1.24. The Kier molecular flexibility index (Phi) is 4.01. The number of para-hydroxylation sites is 2. The quantitative estimate of drug-likeness (QED) is 0.547. The fourth-order valence-corrected chi connectivity index (χ4v) is 4.71. The first-order valence-corrected chi connectivity index (χ1v) is 9.91. The van der Waals surface area contributed by atoms with Crippen LogP contribution in [0.25, 0.3) is 33.3 Å². The second-order valence-corrected chi connectivity index (χ2v) is 7.60. The zero-order valence-electron chi connectivity index (χ0n) is 16.3. The zero-order chi connectivity index (χ0) is 20.1. The van der Waals surface area contributed by atoms with Crippen LogP contribution in [-0.2, 0) is 31.4 Å². The van der Waals surface area contributed by atoms with Crippen LogP contribution in [0.15, 0.2) is 53.3 Å². The second-order valence-electron chi connectivity index (χ2n) is 7.60. The van der Waals surface area contributed by atoms with Crippen molar-refractivity contribution in [1.82, 2.24) is 9.13 Å². The molecule has 0 atom stereocenters. The van der Waals surface area contributed by atoms with Crippen LogP contribution in [0.1, 0.15) is 18.4 Å². The number of hydrogen-bond acceptors (Lipinski definition) is 2. The summed E-state index contributed by atoms with van der Waals surface area (Å²) in [5, 5.41) is 11.0. The number of benzene rings is 2. The highest BCUT2D eigenvalue weighted by Crippen LogP contribution is 2.36. The number of aliphatic carboxylic acids is 1. The number of hydrogen-bond donors (Lipinski definition) is 1. The fourth-order valence-electron chi connectivity index (χ4n) is 4.71. The van der Waals surface area contributed by atoms with Gasteiger partial charge in [0.15, 0.2) is 0 Å². The molecule has 1 aliphatic rings. The number of nitrogens with zero attached hydrogens (tertiary/aromatic N) is 3. The predicted molar refractivity (Wildman–Crippen MR) is 111 cm³/mol. The lowest BCUT2D eigenvalue weighted by Crippen LogP contribution is -2.43. The van der Waals surface area contributed by atoms with Crippen molar-refractivity contribution in [1.29, 1.82) is 0 Å². The van der Waals surface area contributed by atoms with Gasteiger partial charge in [0, 0.05) is 30.3 Å². The molecule has 0 fully saturated rings. The van der Waals surface area contributed by atoms with Gasteiger partial charge in [0.1, 0.15) is 16.6 Å². The minimum Gasteiger partial charge on any atom is -0.481 e. The highest BCUT2D eigenvalue weighted by atomic mass is 16.4. The van der Waals surface area contributed by atoms with Crippen molar-refractivity contribution in [2.75, 3.05) is 0 Å². The first kappa shape index (κ1) is 17.7. The number of fused-ring (bicyclic) bond motifs is 6. The Morgan fingerprint density at radius 2 is 1.83 bits per heavy atom. The van der Waals surface area contributed by atoms with Gasteiger partial charge in [-0.15, -0.1) is 0 Å².